The SMILES string of the molecule is O=C(c1ccccc1OC(F)(F)F)C1CNN(Cc2cnc[nH]2)c2ccc(-c3ccccc3)cc2C1. The van der Waals surface area contributed by atoms with Crippen LogP contribution in [0.2, 0.25) is 0 Å². The average Bonchev–Trinajstić information content (AvgIpc) is 3.31. The fourth-order valence-corrected chi connectivity index (χ4v) is 4.44. The second-order valence-corrected chi connectivity index (χ2v) is 8.54. The number of hydrogen-bond donors (Lipinski definition) is 2. The van der Waals surface area contributed by atoms with Gasteiger partial charge in [-0.15, -0.1) is 13.2 Å². The van der Waals surface area contributed by atoms with Crippen molar-refractivity contribution in [3.63, 3.8) is 0 Å². The average molecular weight is 493 g/mol. The van der Waals surface area contributed by atoms with Gasteiger partial charge in [-0.05, 0) is 47.4 Å². The molecule has 184 valence electrons. The second kappa shape index (κ2) is 9.87. The summed E-state index contributed by atoms with van der Waals surface area (Å²) in [6, 6.07) is 21.4. The smallest absolute Gasteiger partial charge is 0.405 e. The van der Waals surface area contributed by atoms with Gasteiger partial charge in [-0.2, -0.15) is 0 Å². The number of alkyl halides is 3. The number of H-pyrrole nitrogens is 1. The fourth-order valence-electron chi connectivity index (χ4n) is 4.44. The van der Waals surface area contributed by atoms with Gasteiger partial charge >= 0.3 is 6.36 Å². The number of para-hydroxylation sites is 1. The number of aromatic amines is 1. The molecule has 3 aromatic carbocycles. The molecule has 9 heteroatoms. The third-order valence-electron chi connectivity index (χ3n) is 6.10. The minimum Gasteiger partial charge on any atom is -0.405 e. The molecule has 1 aliphatic rings. The van der Waals surface area contributed by atoms with Crippen molar-refractivity contribution in [2.75, 3.05) is 11.6 Å². The van der Waals surface area contributed by atoms with E-state index in [4.69, 9.17) is 0 Å². The molecule has 6 nitrogen and oxygen atoms in total. The van der Waals surface area contributed by atoms with E-state index >= 15 is 0 Å². The third kappa shape index (κ3) is 5.26. The van der Waals surface area contributed by atoms with Crippen LogP contribution >= 0.6 is 0 Å². The number of imidazole rings is 1. The van der Waals surface area contributed by atoms with Crippen molar-refractivity contribution in [1.29, 1.82) is 0 Å². The molecular formula is C27H23F3N4O2. The number of nitrogens with one attached hydrogen (secondary N) is 2. The molecule has 36 heavy (non-hydrogen) atoms. The first-order valence-electron chi connectivity index (χ1n) is 11.4. The van der Waals surface area contributed by atoms with Gasteiger partial charge in [0.25, 0.3) is 0 Å². The van der Waals surface area contributed by atoms with Crippen LogP contribution in [0.1, 0.15) is 21.6 Å². The first-order valence-corrected chi connectivity index (χ1v) is 11.4. The Morgan fingerprint density at radius 3 is 2.56 bits per heavy atom. The van der Waals surface area contributed by atoms with E-state index in [1.165, 1.54) is 18.2 Å². The Labute approximate surface area is 205 Å². The lowest BCUT2D eigenvalue weighted by Crippen LogP contribution is -2.40. The molecule has 0 radical (unpaired) electrons. The lowest BCUT2D eigenvalue weighted by atomic mass is 9.89. The number of halogens is 3. The van der Waals surface area contributed by atoms with Crippen LogP contribution in [-0.4, -0.2) is 28.7 Å². The van der Waals surface area contributed by atoms with Gasteiger partial charge in [0.1, 0.15) is 5.75 Å². The number of Topliss-reactive ketones (excluding diaryl/α,β-unsaturated/α-hetero) is 1. The summed E-state index contributed by atoms with van der Waals surface area (Å²) in [6.07, 6.45) is -1.23. The number of carbonyl (C=O) groups excluding carboxylic acids is 1. The molecule has 2 heterocycles. The van der Waals surface area contributed by atoms with Gasteiger partial charge in [-0.3, -0.25) is 4.79 Å². The third-order valence-corrected chi connectivity index (χ3v) is 6.10. The normalized spacial score (nSPS) is 15.8. The Kier molecular flexibility index (Phi) is 6.47. The van der Waals surface area contributed by atoms with Crippen LogP contribution in [0.15, 0.2) is 85.3 Å². The molecule has 1 aromatic heterocycles. The Morgan fingerprint density at radius 1 is 1.03 bits per heavy atom. The molecule has 0 spiro atoms. The standard InChI is InChI=1S/C27H23F3N4O2/c28-27(29,30)36-25-9-5-4-8-23(25)26(35)21-13-20-12-19(18-6-2-1-3-7-18)10-11-24(20)34(33-14-21)16-22-15-31-17-32-22/h1-12,15,17,21,33H,13-14,16H2,(H,31,32). The van der Waals surface area contributed by atoms with E-state index in [0.29, 0.717) is 13.0 Å². The number of benzene rings is 3. The summed E-state index contributed by atoms with van der Waals surface area (Å²) in [7, 11) is 0. The van der Waals surface area contributed by atoms with E-state index in [-0.39, 0.29) is 12.1 Å². The topological polar surface area (TPSA) is 70.2 Å². The van der Waals surface area contributed by atoms with E-state index in [0.717, 1.165) is 34.1 Å². The summed E-state index contributed by atoms with van der Waals surface area (Å²) < 4.78 is 43.0. The van der Waals surface area contributed by atoms with E-state index < -0.39 is 23.8 Å². The molecule has 5 rings (SSSR count). The highest BCUT2D eigenvalue weighted by atomic mass is 19.4. The van der Waals surface area contributed by atoms with Gasteiger partial charge in [-0.25, -0.2) is 10.4 Å². The molecule has 1 aliphatic heterocycles. The number of ketones is 1. The quantitative estimate of drug-likeness (QED) is 0.346. The predicted octanol–water partition coefficient (Wildman–Crippen LogP) is 5.54. The number of aromatic nitrogens is 2. The van der Waals surface area contributed by atoms with Gasteiger partial charge in [0.05, 0.1) is 29.8 Å². The zero-order chi connectivity index (χ0) is 25.1. The van der Waals surface area contributed by atoms with Crippen LogP contribution in [0.5, 0.6) is 5.75 Å². The first-order chi connectivity index (χ1) is 17.4. The second-order valence-electron chi connectivity index (χ2n) is 8.54. The van der Waals surface area contributed by atoms with Crippen molar-refractivity contribution in [3.05, 3.63) is 102 Å². The zero-order valence-electron chi connectivity index (χ0n) is 19.1. The van der Waals surface area contributed by atoms with Crippen molar-refractivity contribution < 1.29 is 22.7 Å². The number of ether oxygens (including phenoxy) is 1. The Hall–Kier alpha value is -4.11. The molecule has 2 N–H and O–H groups in total. The summed E-state index contributed by atoms with van der Waals surface area (Å²) in [6.45, 7) is 0.703. The van der Waals surface area contributed by atoms with Gasteiger partial charge in [0.15, 0.2) is 5.78 Å². The maximum absolute atomic E-state index is 13.5. The van der Waals surface area contributed by atoms with Crippen LogP contribution < -0.4 is 15.2 Å². The van der Waals surface area contributed by atoms with Crippen LogP contribution in [0.3, 0.4) is 0 Å². The molecule has 0 aliphatic carbocycles. The minimum atomic E-state index is -4.89. The molecule has 1 unspecified atom stereocenters. The number of fused-ring (bicyclic) bond motifs is 1. The summed E-state index contributed by atoms with van der Waals surface area (Å²) >= 11 is 0. The lowest BCUT2D eigenvalue weighted by molar-refractivity contribution is -0.274. The predicted molar refractivity (Wildman–Crippen MR) is 129 cm³/mol. The van der Waals surface area contributed by atoms with Gasteiger partial charge in [0.2, 0.25) is 0 Å². The molecule has 1 atom stereocenters. The monoisotopic (exact) mass is 492 g/mol. The minimum absolute atomic E-state index is 0.0931. The number of hydrazine groups is 1. The summed E-state index contributed by atoms with van der Waals surface area (Å²) in [4.78, 5) is 20.7. The molecular weight excluding hydrogens is 469 g/mol. The maximum atomic E-state index is 13.5. The fraction of sp³-hybridized carbons (Fsp3) is 0.185. The Balaban J connectivity index is 1.50. The van der Waals surface area contributed by atoms with Crippen molar-refractivity contribution in [2.45, 2.75) is 19.3 Å². The van der Waals surface area contributed by atoms with Crippen LogP contribution in [0, 0.1) is 5.92 Å². The first kappa shape index (κ1) is 23.6. The summed E-state index contributed by atoms with van der Waals surface area (Å²) in [5.41, 5.74) is 7.90. The van der Waals surface area contributed by atoms with Crippen molar-refractivity contribution >= 4 is 11.5 Å². The van der Waals surface area contributed by atoms with Gasteiger partial charge < -0.3 is 14.7 Å². The number of rotatable bonds is 6. The van der Waals surface area contributed by atoms with Crippen molar-refractivity contribution in [2.24, 2.45) is 5.92 Å². The number of hydrogen-bond acceptors (Lipinski definition) is 5. The molecule has 4 aromatic rings. The lowest BCUT2D eigenvalue weighted by Gasteiger charge is -2.25. The van der Waals surface area contributed by atoms with E-state index in [1.54, 1.807) is 12.5 Å². The maximum Gasteiger partial charge on any atom is 0.573 e. The number of anilines is 1. The Morgan fingerprint density at radius 2 is 1.81 bits per heavy atom. The Bertz CT molecular complexity index is 1340. The van der Waals surface area contributed by atoms with Crippen molar-refractivity contribution in [1.82, 2.24) is 15.4 Å². The van der Waals surface area contributed by atoms with Crippen LogP contribution in [-0.2, 0) is 13.0 Å². The largest absolute Gasteiger partial charge is 0.573 e. The molecule has 0 bridgehead atoms. The van der Waals surface area contributed by atoms with Crippen molar-refractivity contribution in [3.8, 4) is 16.9 Å². The molecule has 0 saturated carbocycles. The van der Waals surface area contributed by atoms with E-state index in [2.05, 4.69) is 20.1 Å². The van der Waals surface area contributed by atoms with Crippen LogP contribution in [0.4, 0.5) is 18.9 Å². The number of nitrogens with zero attached hydrogens (tertiary/aromatic N) is 2. The number of carbonyl (C=O) groups is 1. The highest BCUT2D eigenvalue weighted by Gasteiger charge is 2.34. The van der Waals surface area contributed by atoms with Gasteiger partial charge in [0, 0.05) is 18.7 Å². The molecule has 0 saturated heterocycles. The highest BCUT2D eigenvalue weighted by Crippen LogP contribution is 2.34. The van der Waals surface area contributed by atoms with Crippen LogP contribution in [0.25, 0.3) is 11.1 Å². The summed E-state index contributed by atoms with van der Waals surface area (Å²) in [5.74, 6) is -1.52. The van der Waals surface area contributed by atoms with Gasteiger partial charge in [-0.1, -0.05) is 48.5 Å². The van der Waals surface area contributed by atoms with E-state index in [9.17, 15) is 18.0 Å². The molecule has 0 amide bonds. The summed E-state index contributed by atoms with van der Waals surface area (Å²) in [5, 5.41) is 1.93. The highest BCUT2D eigenvalue weighted by molar-refractivity contribution is 6.00. The van der Waals surface area contributed by atoms with E-state index in [1.807, 2.05) is 53.5 Å². The molecule has 0 fully saturated rings. The zero-order valence-corrected chi connectivity index (χ0v) is 19.1.